The van der Waals surface area contributed by atoms with Gasteiger partial charge in [-0.1, -0.05) is 30.3 Å². The van der Waals surface area contributed by atoms with Crippen LogP contribution in [-0.4, -0.2) is 12.5 Å². The van der Waals surface area contributed by atoms with E-state index < -0.39 is 0 Å². The lowest BCUT2D eigenvalue weighted by atomic mass is 9.98. The Hall–Kier alpha value is -2.16. The molecule has 1 saturated heterocycles. The van der Waals surface area contributed by atoms with Gasteiger partial charge in [-0.05, 0) is 42.7 Å². The molecular weight excluding hydrogens is 253 g/mol. The highest BCUT2D eigenvalue weighted by atomic mass is 19.1. The van der Waals surface area contributed by atoms with Crippen molar-refractivity contribution in [2.45, 2.75) is 12.8 Å². The van der Waals surface area contributed by atoms with Crippen LogP contribution in [0.3, 0.4) is 0 Å². The van der Waals surface area contributed by atoms with Crippen molar-refractivity contribution in [3.8, 4) is 0 Å². The molecule has 3 rings (SSSR count). The smallest absolute Gasteiger partial charge is 0.230 e. The summed E-state index contributed by atoms with van der Waals surface area (Å²) < 4.78 is 12.9. The van der Waals surface area contributed by atoms with Crippen molar-refractivity contribution in [1.29, 1.82) is 0 Å². The highest BCUT2D eigenvalue weighted by Gasteiger charge is 2.32. The molecule has 0 N–H and O–H groups in total. The Morgan fingerprint density at radius 1 is 1.05 bits per heavy atom. The number of anilines is 1. The number of amides is 1. The van der Waals surface area contributed by atoms with Crippen molar-refractivity contribution in [3.63, 3.8) is 0 Å². The summed E-state index contributed by atoms with van der Waals surface area (Å²) >= 11 is 0. The van der Waals surface area contributed by atoms with Crippen LogP contribution >= 0.6 is 0 Å². The number of rotatable bonds is 3. The van der Waals surface area contributed by atoms with Crippen molar-refractivity contribution < 1.29 is 9.18 Å². The standard InChI is InChI=1S/C17H16FNO/c18-15-6-8-16(9-7-15)19-11-10-14(17(19)20)12-13-4-2-1-3-5-13/h1-9,14H,10-12H2/t14-/m1/s1. The van der Waals surface area contributed by atoms with Crippen molar-refractivity contribution in [2.24, 2.45) is 5.92 Å². The molecule has 1 aliphatic rings. The fourth-order valence-corrected chi connectivity index (χ4v) is 2.70. The molecule has 1 aliphatic heterocycles. The molecule has 0 bridgehead atoms. The fourth-order valence-electron chi connectivity index (χ4n) is 2.70. The van der Waals surface area contributed by atoms with E-state index in [9.17, 15) is 9.18 Å². The second-order valence-electron chi connectivity index (χ2n) is 5.14. The number of carbonyl (C=O) groups is 1. The van der Waals surface area contributed by atoms with E-state index in [-0.39, 0.29) is 17.6 Å². The highest BCUT2D eigenvalue weighted by Crippen LogP contribution is 2.27. The van der Waals surface area contributed by atoms with Crippen molar-refractivity contribution >= 4 is 11.6 Å². The maximum atomic E-state index is 12.9. The number of carbonyl (C=O) groups excluding carboxylic acids is 1. The first-order valence-corrected chi connectivity index (χ1v) is 6.85. The van der Waals surface area contributed by atoms with Crippen LogP contribution in [0, 0.1) is 11.7 Å². The Bertz CT molecular complexity index is 594. The quantitative estimate of drug-likeness (QED) is 0.836. The third-order valence-electron chi connectivity index (χ3n) is 3.78. The van der Waals surface area contributed by atoms with Crippen LogP contribution in [-0.2, 0) is 11.2 Å². The molecular formula is C17H16FNO. The first-order chi connectivity index (χ1) is 9.74. The van der Waals surface area contributed by atoms with Crippen LogP contribution in [0.2, 0.25) is 0 Å². The van der Waals surface area contributed by atoms with Gasteiger partial charge in [0.25, 0.3) is 0 Å². The number of benzene rings is 2. The highest BCUT2D eigenvalue weighted by molar-refractivity contribution is 5.97. The molecule has 1 atom stereocenters. The summed E-state index contributed by atoms with van der Waals surface area (Å²) in [6, 6.07) is 16.2. The van der Waals surface area contributed by atoms with Gasteiger partial charge in [-0.3, -0.25) is 4.79 Å². The molecule has 2 aromatic rings. The minimum Gasteiger partial charge on any atom is -0.312 e. The summed E-state index contributed by atoms with van der Waals surface area (Å²) in [6.45, 7) is 0.710. The average Bonchev–Trinajstić information content (AvgIpc) is 2.83. The van der Waals surface area contributed by atoms with Gasteiger partial charge in [-0.25, -0.2) is 4.39 Å². The minimum absolute atomic E-state index is 0.0300. The lowest BCUT2D eigenvalue weighted by molar-refractivity contribution is -0.120. The van der Waals surface area contributed by atoms with E-state index in [0.717, 1.165) is 18.5 Å². The summed E-state index contributed by atoms with van der Waals surface area (Å²) in [6.07, 6.45) is 1.63. The van der Waals surface area contributed by atoms with Crippen molar-refractivity contribution in [3.05, 3.63) is 66.0 Å². The van der Waals surface area contributed by atoms with Crippen LogP contribution in [0.15, 0.2) is 54.6 Å². The average molecular weight is 269 g/mol. The zero-order chi connectivity index (χ0) is 13.9. The minimum atomic E-state index is -0.277. The molecule has 0 aliphatic carbocycles. The van der Waals surface area contributed by atoms with Gasteiger partial charge in [0.1, 0.15) is 5.82 Å². The van der Waals surface area contributed by atoms with E-state index >= 15 is 0 Å². The SMILES string of the molecule is O=C1[C@@H](Cc2ccccc2)CCN1c1ccc(F)cc1. The maximum Gasteiger partial charge on any atom is 0.230 e. The number of hydrogen-bond donors (Lipinski definition) is 0. The molecule has 3 heteroatoms. The Kier molecular flexibility index (Phi) is 3.50. The van der Waals surface area contributed by atoms with E-state index in [1.165, 1.54) is 17.7 Å². The Morgan fingerprint density at radius 3 is 2.45 bits per heavy atom. The lowest BCUT2D eigenvalue weighted by Gasteiger charge is -2.16. The van der Waals surface area contributed by atoms with Gasteiger partial charge in [0.15, 0.2) is 0 Å². The fraction of sp³-hybridized carbons (Fsp3) is 0.235. The second kappa shape index (κ2) is 5.45. The van der Waals surface area contributed by atoms with Gasteiger partial charge < -0.3 is 4.90 Å². The summed E-state index contributed by atoms with van der Waals surface area (Å²) in [5.41, 5.74) is 1.97. The van der Waals surface area contributed by atoms with Crippen LogP contribution in [0.5, 0.6) is 0 Å². The van der Waals surface area contributed by atoms with Crippen molar-refractivity contribution in [2.75, 3.05) is 11.4 Å². The largest absolute Gasteiger partial charge is 0.312 e. The Labute approximate surface area is 117 Å². The van der Waals surface area contributed by atoms with Gasteiger partial charge >= 0.3 is 0 Å². The second-order valence-corrected chi connectivity index (χ2v) is 5.14. The van der Waals surface area contributed by atoms with Crippen LogP contribution in [0.25, 0.3) is 0 Å². The van der Waals surface area contributed by atoms with Gasteiger partial charge in [0, 0.05) is 18.2 Å². The molecule has 2 aromatic carbocycles. The first-order valence-electron chi connectivity index (χ1n) is 6.85. The first kappa shape index (κ1) is 12.9. The molecule has 2 nitrogen and oxygen atoms in total. The molecule has 0 saturated carbocycles. The number of nitrogens with zero attached hydrogens (tertiary/aromatic N) is 1. The van der Waals surface area contributed by atoms with Crippen LogP contribution < -0.4 is 4.90 Å². The van der Waals surface area contributed by atoms with E-state index in [1.54, 1.807) is 17.0 Å². The predicted molar refractivity (Wildman–Crippen MR) is 77.0 cm³/mol. The van der Waals surface area contributed by atoms with E-state index in [4.69, 9.17) is 0 Å². The van der Waals surface area contributed by atoms with E-state index in [2.05, 4.69) is 0 Å². The van der Waals surface area contributed by atoms with Gasteiger partial charge in [0.05, 0.1) is 0 Å². The van der Waals surface area contributed by atoms with E-state index in [0.29, 0.717) is 6.54 Å². The van der Waals surface area contributed by atoms with E-state index in [1.807, 2.05) is 30.3 Å². The molecule has 0 spiro atoms. The molecule has 102 valence electrons. The Balaban J connectivity index is 1.72. The van der Waals surface area contributed by atoms with Crippen LogP contribution in [0.1, 0.15) is 12.0 Å². The summed E-state index contributed by atoms with van der Waals surface area (Å²) in [4.78, 5) is 14.2. The zero-order valence-corrected chi connectivity index (χ0v) is 11.1. The molecule has 0 unspecified atom stereocenters. The number of halogens is 1. The topological polar surface area (TPSA) is 20.3 Å². The molecule has 1 fully saturated rings. The summed E-state index contributed by atoms with van der Waals surface area (Å²) in [7, 11) is 0. The van der Waals surface area contributed by atoms with Gasteiger partial charge in [-0.2, -0.15) is 0 Å². The van der Waals surface area contributed by atoms with Crippen molar-refractivity contribution in [1.82, 2.24) is 0 Å². The third-order valence-corrected chi connectivity index (χ3v) is 3.78. The monoisotopic (exact) mass is 269 g/mol. The van der Waals surface area contributed by atoms with Crippen LogP contribution in [0.4, 0.5) is 10.1 Å². The maximum absolute atomic E-state index is 12.9. The lowest BCUT2D eigenvalue weighted by Crippen LogP contribution is -2.27. The summed E-state index contributed by atoms with van der Waals surface area (Å²) in [5, 5.41) is 0. The Morgan fingerprint density at radius 2 is 1.75 bits per heavy atom. The van der Waals surface area contributed by atoms with Gasteiger partial charge in [0.2, 0.25) is 5.91 Å². The normalized spacial score (nSPS) is 18.6. The molecule has 0 radical (unpaired) electrons. The molecule has 20 heavy (non-hydrogen) atoms. The zero-order valence-electron chi connectivity index (χ0n) is 11.1. The summed E-state index contributed by atoms with van der Waals surface area (Å²) in [5.74, 6) is -0.107. The molecule has 1 amide bonds. The third kappa shape index (κ3) is 2.57. The molecule has 1 heterocycles. The predicted octanol–water partition coefficient (Wildman–Crippen LogP) is 3.42. The molecule has 0 aromatic heterocycles. The number of hydrogen-bond acceptors (Lipinski definition) is 1. The van der Waals surface area contributed by atoms with Gasteiger partial charge in [-0.15, -0.1) is 0 Å².